The van der Waals surface area contributed by atoms with Crippen LogP contribution in [0.5, 0.6) is 0 Å². The largest absolute Gasteiger partial charge is 0.467 e. The first-order valence-corrected chi connectivity index (χ1v) is 7.44. The van der Waals surface area contributed by atoms with Gasteiger partial charge in [0, 0.05) is 12.6 Å². The molecule has 2 fully saturated rings. The Balaban J connectivity index is 1.46. The quantitative estimate of drug-likeness (QED) is 0.889. The number of hydrogen-bond acceptors (Lipinski definition) is 3. The lowest BCUT2D eigenvalue weighted by Gasteiger charge is -2.30. The van der Waals surface area contributed by atoms with E-state index in [1.54, 1.807) is 6.26 Å². The average molecular weight is 278 g/mol. The molecule has 2 heterocycles. The van der Waals surface area contributed by atoms with Crippen molar-refractivity contribution < 1.29 is 13.9 Å². The molecule has 2 N–H and O–H groups in total. The predicted molar refractivity (Wildman–Crippen MR) is 74.3 cm³/mol. The third-order valence-corrected chi connectivity index (χ3v) is 4.12. The summed E-state index contributed by atoms with van der Waals surface area (Å²) >= 11 is 0. The zero-order chi connectivity index (χ0) is 13.9. The molecule has 3 atom stereocenters. The fourth-order valence-corrected chi connectivity index (χ4v) is 2.79. The lowest BCUT2D eigenvalue weighted by Crippen LogP contribution is -2.47. The molecule has 5 heteroatoms. The summed E-state index contributed by atoms with van der Waals surface area (Å²) in [6.07, 6.45) is 6.35. The molecule has 1 aromatic rings. The lowest BCUT2D eigenvalue weighted by molar-refractivity contribution is -0.00918. The van der Waals surface area contributed by atoms with E-state index in [0.29, 0.717) is 6.10 Å². The second kappa shape index (κ2) is 5.87. The molecular weight excluding hydrogens is 256 g/mol. The Morgan fingerprint density at radius 2 is 2.25 bits per heavy atom. The summed E-state index contributed by atoms with van der Waals surface area (Å²) in [6, 6.07) is 3.66. The number of ether oxygens (including phenoxy) is 1. The molecule has 1 aliphatic heterocycles. The van der Waals surface area contributed by atoms with Gasteiger partial charge in [-0.05, 0) is 50.7 Å². The summed E-state index contributed by atoms with van der Waals surface area (Å²) in [6.45, 7) is 2.66. The summed E-state index contributed by atoms with van der Waals surface area (Å²) in [5, 5.41) is 5.96. The smallest absolute Gasteiger partial charge is 0.315 e. The highest BCUT2D eigenvalue weighted by atomic mass is 16.5. The van der Waals surface area contributed by atoms with E-state index in [9.17, 15) is 4.79 Å². The van der Waals surface area contributed by atoms with E-state index < -0.39 is 0 Å². The second-order valence-corrected chi connectivity index (χ2v) is 5.82. The van der Waals surface area contributed by atoms with E-state index in [1.165, 1.54) is 12.8 Å². The van der Waals surface area contributed by atoms with Crippen LogP contribution in [0, 0.1) is 5.92 Å². The van der Waals surface area contributed by atoms with Crippen molar-refractivity contribution in [3.63, 3.8) is 0 Å². The van der Waals surface area contributed by atoms with Gasteiger partial charge in [-0.25, -0.2) is 4.79 Å². The van der Waals surface area contributed by atoms with Crippen LogP contribution in [0.1, 0.15) is 44.4 Å². The van der Waals surface area contributed by atoms with E-state index in [1.807, 2.05) is 19.1 Å². The zero-order valence-corrected chi connectivity index (χ0v) is 11.8. The van der Waals surface area contributed by atoms with Gasteiger partial charge in [-0.1, -0.05) is 0 Å². The van der Waals surface area contributed by atoms with Gasteiger partial charge < -0.3 is 19.8 Å². The number of carbonyl (C=O) groups excluding carboxylic acids is 1. The summed E-state index contributed by atoms with van der Waals surface area (Å²) in [5.41, 5.74) is 0. The Hall–Kier alpha value is -1.49. The fourth-order valence-electron chi connectivity index (χ4n) is 2.79. The molecule has 3 unspecified atom stereocenters. The molecular formula is C15H22N2O3. The van der Waals surface area contributed by atoms with Crippen LogP contribution in [0.2, 0.25) is 0 Å². The number of urea groups is 1. The molecule has 2 aliphatic rings. The van der Waals surface area contributed by atoms with Gasteiger partial charge in [0.05, 0.1) is 18.4 Å². The number of hydrogen-bond donors (Lipinski definition) is 2. The molecule has 20 heavy (non-hydrogen) atoms. The number of furan rings is 1. The summed E-state index contributed by atoms with van der Waals surface area (Å²) < 4.78 is 11.0. The van der Waals surface area contributed by atoms with Crippen molar-refractivity contribution in [1.82, 2.24) is 10.6 Å². The van der Waals surface area contributed by atoms with E-state index in [-0.39, 0.29) is 18.1 Å². The fraction of sp³-hybridized carbons (Fsp3) is 0.667. The van der Waals surface area contributed by atoms with Crippen LogP contribution < -0.4 is 10.6 Å². The van der Waals surface area contributed by atoms with E-state index >= 15 is 0 Å². The van der Waals surface area contributed by atoms with Crippen LogP contribution in [-0.4, -0.2) is 24.8 Å². The molecule has 1 saturated carbocycles. The minimum atomic E-state index is -0.129. The predicted octanol–water partition coefficient (Wildman–Crippen LogP) is 2.60. The first-order valence-electron chi connectivity index (χ1n) is 7.44. The third-order valence-electron chi connectivity index (χ3n) is 4.12. The van der Waals surface area contributed by atoms with Gasteiger partial charge >= 0.3 is 6.03 Å². The Morgan fingerprint density at radius 1 is 1.40 bits per heavy atom. The second-order valence-electron chi connectivity index (χ2n) is 5.82. The van der Waals surface area contributed by atoms with Crippen molar-refractivity contribution >= 4 is 6.03 Å². The van der Waals surface area contributed by atoms with E-state index in [2.05, 4.69) is 10.6 Å². The maximum atomic E-state index is 12.0. The van der Waals surface area contributed by atoms with Gasteiger partial charge in [-0.3, -0.25) is 0 Å². The molecule has 0 aromatic carbocycles. The number of carbonyl (C=O) groups is 1. The minimum absolute atomic E-state index is 0.121. The maximum absolute atomic E-state index is 12.0. The van der Waals surface area contributed by atoms with Crippen LogP contribution in [0.3, 0.4) is 0 Å². The molecule has 1 aliphatic carbocycles. The van der Waals surface area contributed by atoms with Crippen LogP contribution in [-0.2, 0) is 4.74 Å². The molecule has 1 saturated heterocycles. The highest BCUT2D eigenvalue weighted by molar-refractivity contribution is 5.74. The molecule has 5 nitrogen and oxygen atoms in total. The van der Waals surface area contributed by atoms with Gasteiger partial charge in [-0.15, -0.1) is 0 Å². The molecule has 110 valence electrons. The molecule has 1 aromatic heterocycles. The maximum Gasteiger partial charge on any atom is 0.315 e. The van der Waals surface area contributed by atoms with Crippen LogP contribution >= 0.6 is 0 Å². The normalized spacial score (nSPS) is 27.9. The van der Waals surface area contributed by atoms with Gasteiger partial charge in [0.1, 0.15) is 5.76 Å². The first kappa shape index (κ1) is 13.5. The van der Waals surface area contributed by atoms with Crippen LogP contribution in [0.4, 0.5) is 4.79 Å². The van der Waals surface area contributed by atoms with E-state index in [4.69, 9.17) is 9.15 Å². The van der Waals surface area contributed by atoms with Gasteiger partial charge in [0.15, 0.2) is 0 Å². The van der Waals surface area contributed by atoms with Crippen molar-refractivity contribution in [1.29, 1.82) is 0 Å². The topological polar surface area (TPSA) is 63.5 Å². The number of amides is 2. The lowest BCUT2D eigenvalue weighted by atomic mass is 10.0. The Bertz CT molecular complexity index is 442. The average Bonchev–Trinajstić information content (AvgIpc) is 3.13. The summed E-state index contributed by atoms with van der Waals surface area (Å²) in [7, 11) is 0. The monoisotopic (exact) mass is 278 g/mol. The Morgan fingerprint density at radius 3 is 2.95 bits per heavy atom. The highest BCUT2D eigenvalue weighted by Crippen LogP contribution is 2.38. The third kappa shape index (κ3) is 3.33. The summed E-state index contributed by atoms with van der Waals surface area (Å²) in [4.78, 5) is 12.0. The van der Waals surface area contributed by atoms with Crippen molar-refractivity contribution in [2.24, 2.45) is 5.92 Å². The van der Waals surface area contributed by atoms with Gasteiger partial charge in [0.25, 0.3) is 0 Å². The molecule has 0 spiro atoms. The van der Waals surface area contributed by atoms with Crippen LogP contribution in [0.15, 0.2) is 22.8 Å². The van der Waals surface area contributed by atoms with Crippen molar-refractivity contribution in [2.45, 2.75) is 50.8 Å². The minimum Gasteiger partial charge on any atom is -0.467 e. The number of rotatable bonds is 4. The van der Waals surface area contributed by atoms with Gasteiger partial charge in [-0.2, -0.15) is 0 Å². The molecule has 0 bridgehead atoms. The summed E-state index contributed by atoms with van der Waals surface area (Å²) in [5.74, 6) is 1.49. The Kier molecular flexibility index (Phi) is 3.96. The highest BCUT2D eigenvalue weighted by Gasteiger charge is 2.36. The van der Waals surface area contributed by atoms with Crippen LogP contribution in [0.25, 0.3) is 0 Å². The van der Waals surface area contributed by atoms with Crippen molar-refractivity contribution in [3.8, 4) is 0 Å². The van der Waals surface area contributed by atoms with Crippen molar-refractivity contribution in [3.05, 3.63) is 24.2 Å². The zero-order valence-electron chi connectivity index (χ0n) is 11.8. The van der Waals surface area contributed by atoms with Gasteiger partial charge in [0.2, 0.25) is 0 Å². The molecule has 0 radical (unpaired) electrons. The van der Waals surface area contributed by atoms with Crippen molar-refractivity contribution in [2.75, 3.05) is 6.61 Å². The first-order chi connectivity index (χ1) is 9.72. The molecule has 2 amide bonds. The van der Waals surface area contributed by atoms with E-state index in [0.717, 1.165) is 31.1 Å². The Labute approximate surface area is 119 Å². The molecule has 3 rings (SSSR count). The SMILES string of the molecule is CC(NC(=O)NC1CCOC(C2CC2)C1)c1ccco1. The number of nitrogens with one attached hydrogen (secondary N) is 2. The standard InChI is InChI=1S/C15H22N2O3/c1-10(13-3-2-7-19-13)16-15(18)17-12-6-8-20-14(9-12)11-4-5-11/h2-3,7,10-12,14H,4-6,8-9H2,1H3,(H2,16,17,18).